The number of anilines is 3. The molecule has 0 saturated carbocycles. The van der Waals surface area contributed by atoms with Crippen molar-refractivity contribution in [1.82, 2.24) is 0 Å². The number of rotatable bonds is 6. The van der Waals surface area contributed by atoms with Crippen LogP contribution in [-0.2, 0) is 19.6 Å². The second kappa shape index (κ2) is 8.47. The molecule has 8 heteroatoms. The number of benzene rings is 2. The van der Waals surface area contributed by atoms with Gasteiger partial charge in [0.2, 0.25) is 21.8 Å². The smallest absolute Gasteiger partial charge is 0.247 e. The molecular formula is C22H27N3O4S. The first-order valence-corrected chi connectivity index (χ1v) is 11.7. The van der Waals surface area contributed by atoms with Crippen LogP contribution in [0.1, 0.15) is 30.9 Å². The van der Waals surface area contributed by atoms with Crippen LogP contribution in [-0.4, -0.2) is 39.1 Å². The zero-order chi connectivity index (χ0) is 22.1. The summed E-state index contributed by atoms with van der Waals surface area (Å²) in [5.74, 6) is -0.346. The Hall–Kier alpha value is -2.87. The van der Waals surface area contributed by atoms with Gasteiger partial charge in [0.05, 0.1) is 11.9 Å². The van der Waals surface area contributed by atoms with E-state index in [1.807, 2.05) is 19.9 Å². The van der Waals surface area contributed by atoms with Crippen molar-refractivity contribution in [1.29, 1.82) is 0 Å². The van der Waals surface area contributed by atoms with Gasteiger partial charge in [-0.3, -0.25) is 13.9 Å². The van der Waals surface area contributed by atoms with Crippen LogP contribution in [0.2, 0.25) is 0 Å². The summed E-state index contributed by atoms with van der Waals surface area (Å²) in [7, 11) is -3.68. The number of nitrogens with one attached hydrogen (secondary N) is 1. The molecule has 30 heavy (non-hydrogen) atoms. The molecular weight excluding hydrogens is 402 g/mol. The van der Waals surface area contributed by atoms with Gasteiger partial charge in [0.25, 0.3) is 0 Å². The molecule has 0 radical (unpaired) electrons. The minimum atomic E-state index is -3.68. The van der Waals surface area contributed by atoms with Crippen molar-refractivity contribution < 1.29 is 18.0 Å². The maximum atomic E-state index is 12.8. The number of carbonyl (C=O) groups excluding carboxylic acids is 2. The molecule has 1 aliphatic heterocycles. The maximum absolute atomic E-state index is 12.8. The number of sulfonamides is 1. The van der Waals surface area contributed by atoms with E-state index in [2.05, 4.69) is 5.32 Å². The van der Waals surface area contributed by atoms with Crippen LogP contribution in [0.5, 0.6) is 0 Å². The standard InChI is InChI=1S/C22H27N3O4S/c1-15-7-10-20(14-16(15)2)25(30(4,28)29)17(3)22(27)23-18-8-11-19(12-9-18)24-13-5-6-21(24)26/h7-12,14,17H,5-6,13H2,1-4H3,(H,23,27). The molecule has 0 spiro atoms. The molecule has 1 saturated heterocycles. The normalized spacial score (nSPS) is 15.2. The Bertz CT molecular complexity index is 1060. The van der Waals surface area contributed by atoms with Crippen molar-refractivity contribution in [2.45, 2.75) is 39.7 Å². The van der Waals surface area contributed by atoms with Crippen LogP contribution in [0.3, 0.4) is 0 Å². The van der Waals surface area contributed by atoms with E-state index in [1.165, 1.54) is 0 Å². The summed E-state index contributed by atoms with van der Waals surface area (Å²) in [5.41, 5.74) is 3.76. The molecule has 160 valence electrons. The number of nitrogens with zero attached hydrogens (tertiary/aromatic N) is 2. The molecule has 3 rings (SSSR count). The number of amides is 2. The SMILES string of the molecule is Cc1ccc(N(C(C)C(=O)Nc2ccc(N3CCCC3=O)cc2)S(C)(=O)=O)cc1C. The Balaban J connectivity index is 1.78. The van der Waals surface area contributed by atoms with Crippen molar-refractivity contribution in [3.8, 4) is 0 Å². The molecule has 2 aromatic rings. The highest BCUT2D eigenvalue weighted by molar-refractivity contribution is 7.92. The van der Waals surface area contributed by atoms with Gasteiger partial charge in [0.15, 0.2) is 0 Å². The quantitative estimate of drug-likeness (QED) is 0.764. The van der Waals surface area contributed by atoms with E-state index in [-0.39, 0.29) is 5.91 Å². The minimum absolute atomic E-state index is 0.0950. The molecule has 0 aliphatic carbocycles. The molecule has 7 nitrogen and oxygen atoms in total. The van der Waals surface area contributed by atoms with Gasteiger partial charge in [-0.1, -0.05) is 6.07 Å². The monoisotopic (exact) mass is 429 g/mol. The Morgan fingerprint density at radius 3 is 2.30 bits per heavy atom. The first-order valence-electron chi connectivity index (χ1n) is 9.86. The summed E-state index contributed by atoms with van der Waals surface area (Å²) in [4.78, 5) is 26.4. The van der Waals surface area contributed by atoms with E-state index in [9.17, 15) is 18.0 Å². The highest BCUT2D eigenvalue weighted by Crippen LogP contribution is 2.26. The second-order valence-electron chi connectivity index (χ2n) is 7.69. The highest BCUT2D eigenvalue weighted by Gasteiger charge is 2.29. The van der Waals surface area contributed by atoms with Crippen LogP contribution < -0.4 is 14.5 Å². The van der Waals surface area contributed by atoms with Crippen molar-refractivity contribution in [3.63, 3.8) is 0 Å². The molecule has 2 amide bonds. The fourth-order valence-electron chi connectivity index (χ4n) is 3.56. The zero-order valence-corrected chi connectivity index (χ0v) is 18.5. The van der Waals surface area contributed by atoms with E-state index < -0.39 is 22.0 Å². The second-order valence-corrected chi connectivity index (χ2v) is 9.55. The predicted octanol–water partition coefficient (Wildman–Crippen LogP) is 3.22. The van der Waals surface area contributed by atoms with Crippen LogP contribution in [0.25, 0.3) is 0 Å². The molecule has 1 unspecified atom stereocenters. The summed E-state index contributed by atoms with van der Waals surface area (Å²) in [6.07, 6.45) is 2.48. The lowest BCUT2D eigenvalue weighted by Crippen LogP contribution is -2.45. The van der Waals surface area contributed by atoms with Gasteiger partial charge in [-0.05, 0) is 74.7 Å². The van der Waals surface area contributed by atoms with E-state index in [4.69, 9.17) is 0 Å². The third-order valence-corrected chi connectivity index (χ3v) is 6.60. The Morgan fingerprint density at radius 2 is 1.77 bits per heavy atom. The Labute approximate surface area is 177 Å². The van der Waals surface area contributed by atoms with Gasteiger partial charge in [-0.2, -0.15) is 0 Å². The molecule has 1 atom stereocenters. The van der Waals surface area contributed by atoms with Gasteiger partial charge < -0.3 is 10.2 Å². The van der Waals surface area contributed by atoms with Crippen LogP contribution in [0.4, 0.5) is 17.1 Å². The predicted molar refractivity (Wildman–Crippen MR) is 119 cm³/mol. The van der Waals surface area contributed by atoms with Crippen molar-refractivity contribution in [2.24, 2.45) is 0 Å². The maximum Gasteiger partial charge on any atom is 0.247 e. The van der Waals surface area contributed by atoms with Crippen LogP contribution in [0.15, 0.2) is 42.5 Å². The fourth-order valence-corrected chi connectivity index (χ4v) is 4.73. The van der Waals surface area contributed by atoms with Gasteiger partial charge in [-0.15, -0.1) is 0 Å². The number of carbonyl (C=O) groups is 2. The van der Waals surface area contributed by atoms with Crippen LogP contribution in [0, 0.1) is 13.8 Å². The minimum Gasteiger partial charge on any atom is -0.324 e. The van der Waals surface area contributed by atoms with E-state index in [0.717, 1.165) is 33.8 Å². The van der Waals surface area contributed by atoms with Gasteiger partial charge >= 0.3 is 0 Å². The first kappa shape index (κ1) is 21.8. The van der Waals surface area contributed by atoms with Crippen LogP contribution >= 0.6 is 0 Å². The lowest BCUT2D eigenvalue weighted by molar-refractivity contribution is -0.117. The van der Waals surface area contributed by atoms with Crippen molar-refractivity contribution >= 4 is 38.9 Å². The number of aryl methyl sites for hydroxylation is 2. The summed E-state index contributed by atoms with van der Waals surface area (Å²) >= 11 is 0. The largest absolute Gasteiger partial charge is 0.324 e. The summed E-state index contributed by atoms with van der Waals surface area (Å²) < 4.78 is 26.0. The van der Waals surface area contributed by atoms with Gasteiger partial charge in [-0.25, -0.2) is 8.42 Å². The van der Waals surface area contributed by atoms with Gasteiger partial charge in [0, 0.05) is 24.3 Å². The third-order valence-electron chi connectivity index (χ3n) is 5.35. The lowest BCUT2D eigenvalue weighted by Gasteiger charge is -2.28. The highest BCUT2D eigenvalue weighted by atomic mass is 32.2. The fraction of sp³-hybridized carbons (Fsp3) is 0.364. The summed E-state index contributed by atoms with van der Waals surface area (Å²) in [6, 6.07) is 11.4. The molecule has 1 fully saturated rings. The van der Waals surface area contributed by atoms with Crippen molar-refractivity contribution in [3.05, 3.63) is 53.6 Å². The number of hydrogen-bond acceptors (Lipinski definition) is 4. The van der Waals surface area contributed by atoms with E-state index in [0.29, 0.717) is 24.3 Å². The average molecular weight is 430 g/mol. The molecule has 1 N–H and O–H groups in total. The molecule has 1 aliphatic rings. The molecule has 2 aromatic carbocycles. The summed E-state index contributed by atoms with van der Waals surface area (Å²) in [5, 5.41) is 2.77. The Morgan fingerprint density at radius 1 is 1.10 bits per heavy atom. The summed E-state index contributed by atoms with van der Waals surface area (Å²) in [6.45, 7) is 6.10. The third kappa shape index (κ3) is 4.64. The first-order chi connectivity index (χ1) is 14.1. The molecule has 1 heterocycles. The Kier molecular flexibility index (Phi) is 6.17. The number of hydrogen-bond donors (Lipinski definition) is 1. The zero-order valence-electron chi connectivity index (χ0n) is 17.7. The average Bonchev–Trinajstić information content (AvgIpc) is 3.10. The van der Waals surface area contributed by atoms with Gasteiger partial charge in [0.1, 0.15) is 6.04 Å². The van der Waals surface area contributed by atoms with E-state index in [1.54, 1.807) is 48.2 Å². The van der Waals surface area contributed by atoms with Crippen molar-refractivity contribution in [2.75, 3.05) is 27.3 Å². The topological polar surface area (TPSA) is 86.8 Å². The lowest BCUT2D eigenvalue weighted by atomic mass is 10.1. The van der Waals surface area contributed by atoms with E-state index >= 15 is 0 Å². The molecule has 0 aromatic heterocycles. The molecule has 0 bridgehead atoms.